The van der Waals surface area contributed by atoms with Crippen LogP contribution in [0.3, 0.4) is 0 Å². The maximum Gasteiger partial charge on any atom is 0.136 e. The Hall–Kier alpha value is -6.96. The Labute approximate surface area is 314 Å². The van der Waals surface area contributed by atoms with E-state index in [4.69, 9.17) is 4.42 Å². The highest BCUT2D eigenvalue weighted by Gasteiger charge is 2.46. The minimum Gasteiger partial charge on any atom is -0.456 e. The van der Waals surface area contributed by atoms with Gasteiger partial charge in [0, 0.05) is 10.8 Å². The topological polar surface area (TPSA) is 13.1 Å². The van der Waals surface area contributed by atoms with Crippen LogP contribution in [0, 0.1) is 0 Å². The van der Waals surface area contributed by atoms with Crippen LogP contribution in [0.1, 0.15) is 22.3 Å². The first-order chi connectivity index (χ1) is 26.7. The van der Waals surface area contributed by atoms with E-state index in [9.17, 15) is 0 Å². The highest BCUT2D eigenvalue weighted by molar-refractivity contribution is 6.06. The zero-order valence-corrected chi connectivity index (χ0v) is 29.5. The van der Waals surface area contributed by atoms with Crippen molar-refractivity contribution in [2.75, 3.05) is 0 Å². The quantitative estimate of drug-likeness (QED) is 0.176. The molecule has 0 bridgehead atoms. The van der Waals surface area contributed by atoms with Gasteiger partial charge in [-0.15, -0.1) is 0 Å². The van der Waals surface area contributed by atoms with Gasteiger partial charge in [0.1, 0.15) is 11.2 Å². The van der Waals surface area contributed by atoms with Gasteiger partial charge in [0.15, 0.2) is 0 Å². The van der Waals surface area contributed by atoms with Crippen LogP contribution in [0.2, 0.25) is 0 Å². The summed E-state index contributed by atoms with van der Waals surface area (Å²) in [4.78, 5) is 0. The van der Waals surface area contributed by atoms with Gasteiger partial charge in [0.25, 0.3) is 0 Å². The Morgan fingerprint density at radius 2 is 0.815 bits per heavy atom. The summed E-state index contributed by atoms with van der Waals surface area (Å²) in [6, 6.07) is 75.2. The summed E-state index contributed by atoms with van der Waals surface area (Å²) < 4.78 is 6.85. The van der Waals surface area contributed by atoms with Gasteiger partial charge in [-0.1, -0.05) is 164 Å². The smallest absolute Gasteiger partial charge is 0.136 e. The van der Waals surface area contributed by atoms with Gasteiger partial charge in [-0.3, -0.25) is 0 Å². The van der Waals surface area contributed by atoms with Crippen LogP contribution in [-0.4, -0.2) is 0 Å². The first-order valence-electron chi connectivity index (χ1n) is 18.7. The van der Waals surface area contributed by atoms with Gasteiger partial charge >= 0.3 is 0 Å². The summed E-state index contributed by atoms with van der Waals surface area (Å²) in [6.45, 7) is 0. The van der Waals surface area contributed by atoms with E-state index >= 15 is 0 Å². The van der Waals surface area contributed by atoms with E-state index in [1.807, 2.05) is 0 Å². The standard InChI is InChI=1S/C53H34O/c1-3-13-35(14-4-1)40-30-41(38-24-23-36-15-7-8-16-37(36)29-38)32-42(31-40)39-25-27-47-48-28-26-44(34-52(48)54-51(47)33-39)53(43-17-5-2-6-18-43)49-21-11-9-19-45(49)46-20-10-12-22-50(46)53/h1-34H. The van der Waals surface area contributed by atoms with Gasteiger partial charge < -0.3 is 4.42 Å². The second kappa shape index (κ2) is 12.0. The first-order valence-corrected chi connectivity index (χ1v) is 18.7. The second-order valence-corrected chi connectivity index (χ2v) is 14.5. The Bertz CT molecular complexity index is 2990. The van der Waals surface area contributed by atoms with Crippen LogP contribution in [-0.2, 0) is 5.41 Å². The molecule has 1 heterocycles. The SMILES string of the molecule is c1ccc(-c2cc(-c3ccc4ccccc4c3)cc(-c3ccc4c(c3)oc3cc(C5(c6ccccc6)c6ccccc6-c6ccccc65)ccc34)c2)cc1. The van der Waals surface area contributed by atoms with Crippen molar-refractivity contribution in [2.24, 2.45) is 0 Å². The van der Waals surface area contributed by atoms with Gasteiger partial charge in [-0.05, 0) is 120 Å². The van der Waals surface area contributed by atoms with Crippen molar-refractivity contribution in [3.63, 3.8) is 0 Å². The Balaban J connectivity index is 1.08. The Morgan fingerprint density at radius 1 is 0.296 bits per heavy atom. The number of hydrogen-bond donors (Lipinski definition) is 0. The molecule has 0 fully saturated rings. The molecule has 0 saturated carbocycles. The zero-order valence-electron chi connectivity index (χ0n) is 29.5. The maximum atomic E-state index is 6.85. The van der Waals surface area contributed by atoms with Crippen LogP contribution in [0.5, 0.6) is 0 Å². The molecular formula is C53H34O. The molecular weight excluding hydrogens is 653 g/mol. The van der Waals surface area contributed by atoms with Crippen LogP contribution in [0.25, 0.3) is 77.2 Å². The van der Waals surface area contributed by atoms with E-state index in [1.54, 1.807) is 0 Å². The van der Waals surface area contributed by atoms with E-state index in [-0.39, 0.29) is 0 Å². The van der Waals surface area contributed by atoms with Crippen molar-refractivity contribution in [3.8, 4) is 44.5 Å². The fourth-order valence-corrected chi connectivity index (χ4v) is 9.03. The highest BCUT2D eigenvalue weighted by Crippen LogP contribution is 2.56. The molecule has 1 aliphatic carbocycles. The minimum atomic E-state index is -0.468. The summed E-state index contributed by atoms with van der Waals surface area (Å²) in [5, 5.41) is 4.73. The predicted octanol–water partition coefficient (Wildman–Crippen LogP) is 14.1. The van der Waals surface area contributed by atoms with Crippen LogP contribution >= 0.6 is 0 Å². The fraction of sp³-hybridized carbons (Fsp3) is 0.0189. The number of furan rings is 1. The van der Waals surface area contributed by atoms with Gasteiger partial charge in [0.05, 0.1) is 5.41 Å². The summed E-state index contributed by atoms with van der Waals surface area (Å²) in [5.74, 6) is 0. The maximum absolute atomic E-state index is 6.85. The van der Waals surface area contributed by atoms with Crippen molar-refractivity contribution in [1.82, 2.24) is 0 Å². The average molecular weight is 687 g/mol. The van der Waals surface area contributed by atoms with Crippen LogP contribution < -0.4 is 0 Å². The normalized spacial score (nSPS) is 13.0. The molecule has 1 aromatic heterocycles. The van der Waals surface area contributed by atoms with E-state index in [1.165, 1.54) is 66.4 Å². The van der Waals surface area contributed by atoms with Crippen LogP contribution in [0.15, 0.2) is 211 Å². The summed E-state index contributed by atoms with van der Waals surface area (Å²) in [5.41, 5.74) is 16.0. The number of rotatable bonds is 5. The third kappa shape index (κ3) is 4.65. The van der Waals surface area contributed by atoms with Crippen molar-refractivity contribution >= 4 is 32.7 Å². The van der Waals surface area contributed by atoms with Crippen molar-refractivity contribution in [2.45, 2.75) is 5.41 Å². The molecule has 1 nitrogen and oxygen atoms in total. The first kappa shape index (κ1) is 30.6. The molecule has 0 amide bonds. The lowest BCUT2D eigenvalue weighted by molar-refractivity contribution is 0.666. The molecule has 0 saturated heterocycles. The van der Waals surface area contributed by atoms with E-state index in [0.29, 0.717) is 0 Å². The van der Waals surface area contributed by atoms with Crippen molar-refractivity contribution < 1.29 is 4.42 Å². The zero-order chi connectivity index (χ0) is 35.6. The van der Waals surface area contributed by atoms with Gasteiger partial charge in [-0.25, -0.2) is 0 Å². The largest absolute Gasteiger partial charge is 0.456 e. The number of fused-ring (bicyclic) bond motifs is 7. The van der Waals surface area contributed by atoms with Gasteiger partial charge in [-0.2, -0.15) is 0 Å². The molecule has 1 heteroatoms. The summed E-state index contributed by atoms with van der Waals surface area (Å²) >= 11 is 0. The molecule has 54 heavy (non-hydrogen) atoms. The Morgan fingerprint density at radius 3 is 1.52 bits per heavy atom. The lowest BCUT2D eigenvalue weighted by Gasteiger charge is -2.33. The highest BCUT2D eigenvalue weighted by atomic mass is 16.3. The second-order valence-electron chi connectivity index (χ2n) is 14.5. The molecule has 0 unspecified atom stereocenters. The predicted molar refractivity (Wildman–Crippen MR) is 225 cm³/mol. The number of benzene rings is 9. The molecule has 0 radical (unpaired) electrons. The minimum absolute atomic E-state index is 0.468. The van der Waals surface area contributed by atoms with Crippen molar-refractivity contribution in [3.05, 3.63) is 229 Å². The third-order valence-electron chi connectivity index (χ3n) is 11.5. The van der Waals surface area contributed by atoms with Crippen LogP contribution in [0.4, 0.5) is 0 Å². The Kier molecular flexibility index (Phi) is 6.84. The molecule has 0 N–H and O–H groups in total. The molecule has 0 spiro atoms. The summed E-state index contributed by atoms with van der Waals surface area (Å²) in [6.07, 6.45) is 0. The molecule has 1 aliphatic rings. The monoisotopic (exact) mass is 686 g/mol. The van der Waals surface area contributed by atoms with E-state index < -0.39 is 5.41 Å². The van der Waals surface area contributed by atoms with Crippen molar-refractivity contribution in [1.29, 1.82) is 0 Å². The lowest BCUT2D eigenvalue weighted by Crippen LogP contribution is -2.28. The fourth-order valence-electron chi connectivity index (χ4n) is 9.03. The lowest BCUT2D eigenvalue weighted by atomic mass is 9.67. The summed E-state index contributed by atoms with van der Waals surface area (Å²) in [7, 11) is 0. The van der Waals surface area contributed by atoms with E-state index in [0.717, 1.165) is 33.1 Å². The molecule has 0 atom stereocenters. The molecule has 10 aromatic rings. The average Bonchev–Trinajstić information content (AvgIpc) is 3.77. The third-order valence-corrected chi connectivity index (χ3v) is 11.5. The molecule has 11 rings (SSSR count). The molecule has 0 aliphatic heterocycles. The molecule has 252 valence electrons. The number of hydrogen-bond acceptors (Lipinski definition) is 1. The van der Waals surface area contributed by atoms with Gasteiger partial charge in [0.2, 0.25) is 0 Å². The molecule has 9 aromatic carbocycles. The van der Waals surface area contributed by atoms with E-state index in [2.05, 4.69) is 206 Å².